The van der Waals surface area contributed by atoms with Gasteiger partial charge in [0.2, 0.25) is 5.91 Å². The molecule has 0 bridgehead atoms. The van der Waals surface area contributed by atoms with Gasteiger partial charge in [-0.2, -0.15) is 0 Å². The number of guanidine groups is 1. The largest absolute Gasteiger partial charge is 0.357 e. The number of rotatable bonds is 9. The van der Waals surface area contributed by atoms with Crippen LogP contribution in [0.5, 0.6) is 0 Å². The van der Waals surface area contributed by atoms with E-state index in [0.717, 1.165) is 70.9 Å². The summed E-state index contributed by atoms with van der Waals surface area (Å²) in [6, 6.07) is 10.9. The molecule has 1 atom stereocenters. The quantitative estimate of drug-likeness (QED) is 0.218. The van der Waals surface area contributed by atoms with Crippen LogP contribution in [-0.2, 0) is 11.3 Å². The molecule has 2 fully saturated rings. The molecule has 2 aliphatic rings. The van der Waals surface area contributed by atoms with Crippen LogP contribution in [0.4, 0.5) is 0 Å². The van der Waals surface area contributed by atoms with E-state index >= 15 is 0 Å². The number of aliphatic imine (C=N–C) groups is 1. The fraction of sp³-hybridized carbons (Fsp3) is 0.667. The smallest absolute Gasteiger partial charge is 0.225 e. The van der Waals surface area contributed by atoms with Gasteiger partial charge in [0, 0.05) is 44.7 Å². The minimum absolute atomic E-state index is 0. The number of benzene rings is 1. The van der Waals surface area contributed by atoms with Crippen LogP contribution in [0, 0.1) is 5.92 Å². The number of hydrogen-bond donors (Lipinski definition) is 2. The molecule has 2 N–H and O–H groups in total. The third-order valence-corrected chi connectivity index (χ3v) is 6.15. The maximum Gasteiger partial charge on any atom is 0.225 e. The first-order valence-corrected chi connectivity index (χ1v) is 11.7. The lowest BCUT2D eigenvalue weighted by Crippen LogP contribution is -2.45. The standard InChI is InChI=1S/C24H39N5O.HI/c1-3-25-24(26-15-9-16-28(2)18-20-10-5-4-6-11-20)27-22-14-17-29(19-22)23(30)21-12-7-8-13-21;/h4-6,10-11,21-22H,3,7-9,12-19H2,1-2H3,(H2,25,26,27);1H. The number of likely N-dealkylation sites (tertiary alicyclic amines) is 1. The first-order valence-electron chi connectivity index (χ1n) is 11.7. The molecular weight excluding hydrogens is 501 g/mol. The van der Waals surface area contributed by atoms with E-state index in [-0.39, 0.29) is 29.9 Å². The van der Waals surface area contributed by atoms with Crippen molar-refractivity contribution in [1.82, 2.24) is 20.4 Å². The van der Waals surface area contributed by atoms with E-state index < -0.39 is 0 Å². The van der Waals surface area contributed by atoms with Crippen LogP contribution in [-0.4, -0.2) is 67.5 Å². The number of nitrogens with zero attached hydrogens (tertiary/aromatic N) is 3. The van der Waals surface area contributed by atoms with E-state index in [9.17, 15) is 4.79 Å². The van der Waals surface area contributed by atoms with Gasteiger partial charge >= 0.3 is 0 Å². The molecule has 1 aliphatic carbocycles. The highest BCUT2D eigenvalue weighted by Crippen LogP contribution is 2.27. The second-order valence-electron chi connectivity index (χ2n) is 8.73. The third-order valence-electron chi connectivity index (χ3n) is 6.15. The van der Waals surface area contributed by atoms with Crippen molar-refractivity contribution in [2.75, 3.05) is 39.8 Å². The fourth-order valence-corrected chi connectivity index (χ4v) is 4.53. The van der Waals surface area contributed by atoms with Gasteiger partial charge in [-0.3, -0.25) is 9.79 Å². The Morgan fingerprint density at radius 2 is 1.94 bits per heavy atom. The van der Waals surface area contributed by atoms with Crippen molar-refractivity contribution >= 4 is 35.8 Å². The Labute approximate surface area is 205 Å². The fourth-order valence-electron chi connectivity index (χ4n) is 4.53. The van der Waals surface area contributed by atoms with Crippen LogP contribution in [0.3, 0.4) is 0 Å². The molecule has 174 valence electrons. The first kappa shape index (κ1) is 25.9. The monoisotopic (exact) mass is 541 g/mol. The Kier molecular flexibility index (Phi) is 11.6. The zero-order chi connectivity index (χ0) is 21.2. The summed E-state index contributed by atoms with van der Waals surface area (Å²) < 4.78 is 0. The van der Waals surface area contributed by atoms with Crippen LogP contribution >= 0.6 is 24.0 Å². The predicted octanol–water partition coefficient (Wildman–Crippen LogP) is 3.47. The van der Waals surface area contributed by atoms with Crippen molar-refractivity contribution in [2.45, 2.75) is 58.0 Å². The minimum atomic E-state index is 0. The molecular formula is C24H40IN5O. The van der Waals surface area contributed by atoms with E-state index in [1.54, 1.807) is 0 Å². The Hall–Kier alpha value is -1.35. The van der Waals surface area contributed by atoms with Crippen molar-refractivity contribution in [3.63, 3.8) is 0 Å². The third kappa shape index (κ3) is 8.60. The molecule has 3 rings (SSSR count). The first-order chi connectivity index (χ1) is 14.7. The van der Waals surface area contributed by atoms with Crippen molar-refractivity contribution in [2.24, 2.45) is 10.9 Å². The van der Waals surface area contributed by atoms with Crippen LogP contribution < -0.4 is 10.6 Å². The summed E-state index contributed by atoms with van der Waals surface area (Å²) in [5, 5.41) is 6.91. The van der Waals surface area contributed by atoms with E-state index in [2.05, 4.69) is 64.7 Å². The van der Waals surface area contributed by atoms with Gasteiger partial charge in [-0.05, 0) is 51.8 Å². The van der Waals surface area contributed by atoms with Crippen LogP contribution in [0.15, 0.2) is 35.3 Å². The lowest BCUT2D eigenvalue weighted by atomic mass is 10.1. The molecule has 1 aromatic carbocycles. The Balaban J connectivity index is 0.00000341. The second kappa shape index (κ2) is 13.9. The van der Waals surface area contributed by atoms with Gasteiger partial charge in [-0.15, -0.1) is 24.0 Å². The van der Waals surface area contributed by atoms with Crippen molar-refractivity contribution in [1.29, 1.82) is 0 Å². The van der Waals surface area contributed by atoms with Crippen LogP contribution in [0.2, 0.25) is 0 Å². The minimum Gasteiger partial charge on any atom is -0.357 e. The molecule has 6 nitrogen and oxygen atoms in total. The average Bonchev–Trinajstić information content (AvgIpc) is 3.44. The number of amides is 1. The predicted molar refractivity (Wildman–Crippen MR) is 139 cm³/mol. The summed E-state index contributed by atoms with van der Waals surface area (Å²) in [7, 11) is 2.16. The summed E-state index contributed by atoms with van der Waals surface area (Å²) in [6.07, 6.45) is 6.61. The maximum atomic E-state index is 12.7. The van der Waals surface area contributed by atoms with E-state index in [0.29, 0.717) is 11.9 Å². The molecule has 1 saturated heterocycles. The molecule has 1 unspecified atom stereocenters. The van der Waals surface area contributed by atoms with E-state index in [1.165, 1.54) is 18.4 Å². The molecule has 0 aromatic heterocycles. The van der Waals surface area contributed by atoms with Crippen molar-refractivity contribution < 1.29 is 4.79 Å². The van der Waals surface area contributed by atoms with Crippen LogP contribution in [0.25, 0.3) is 0 Å². The molecule has 7 heteroatoms. The lowest BCUT2D eigenvalue weighted by Gasteiger charge is -2.21. The molecule has 1 amide bonds. The average molecular weight is 542 g/mol. The van der Waals surface area contributed by atoms with Gasteiger partial charge in [0.25, 0.3) is 0 Å². The lowest BCUT2D eigenvalue weighted by molar-refractivity contribution is -0.134. The topological polar surface area (TPSA) is 60.0 Å². The molecule has 31 heavy (non-hydrogen) atoms. The van der Waals surface area contributed by atoms with Gasteiger partial charge in [0.15, 0.2) is 5.96 Å². The van der Waals surface area contributed by atoms with Gasteiger partial charge in [-0.1, -0.05) is 43.2 Å². The zero-order valence-electron chi connectivity index (χ0n) is 19.2. The van der Waals surface area contributed by atoms with Gasteiger partial charge in [0.1, 0.15) is 0 Å². The Morgan fingerprint density at radius 3 is 2.65 bits per heavy atom. The Morgan fingerprint density at radius 1 is 1.19 bits per heavy atom. The highest BCUT2D eigenvalue weighted by Gasteiger charge is 2.32. The molecule has 1 heterocycles. The number of carbonyl (C=O) groups is 1. The SMILES string of the molecule is CCNC(=NCCCN(C)Cc1ccccc1)NC1CCN(C(=O)C2CCCC2)C1.I. The summed E-state index contributed by atoms with van der Waals surface area (Å²) in [5.74, 6) is 1.53. The zero-order valence-corrected chi connectivity index (χ0v) is 21.5. The second-order valence-corrected chi connectivity index (χ2v) is 8.73. The molecule has 0 spiro atoms. The number of nitrogens with one attached hydrogen (secondary N) is 2. The molecule has 0 radical (unpaired) electrons. The van der Waals surface area contributed by atoms with Crippen LogP contribution in [0.1, 0.15) is 51.0 Å². The van der Waals surface area contributed by atoms with Gasteiger partial charge in [-0.25, -0.2) is 0 Å². The van der Waals surface area contributed by atoms with E-state index in [4.69, 9.17) is 4.99 Å². The van der Waals surface area contributed by atoms with Crippen molar-refractivity contribution in [3.05, 3.63) is 35.9 Å². The summed E-state index contributed by atoms with van der Waals surface area (Å²) in [4.78, 5) is 21.8. The normalized spacial score (nSPS) is 19.5. The highest BCUT2D eigenvalue weighted by molar-refractivity contribution is 14.0. The summed E-state index contributed by atoms with van der Waals surface area (Å²) >= 11 is 0. The van der Waals surface area contributed by atoms with E-state index in [1.807, 2.05) is 0 Å². The highest BCUT2D eigenvalue weighted by atomic mass is 127. The summed E-state index contributed by atoms with van der Waals surface area (Å²) in [6.45, 7) is 7.40. The van der Waals surface area contributed by atoms with Gasteiger partial charge in [0.05, 0.1) is 0 Å². The number of halogens is 1. The maximum absolute atomic E-state index is 12.7. The van der Waals surface area contributed by atoms with Gasteiger partial charge < -0.3 is 20.4 Å². The molecule has 1 aromatic rings. The molecule has 1 aliphatic heterocycles. The number of hydrogen-bond acceptors (Lipinski definition) is 3. The number of carbonyl (C=O) groups excluding carboxylic acids is 1. The van der Waals surface area contributed by atoms with Crippen molar-refractivity contribution in [3.8, 4) is 0 Å². The molecule has 1 saturated carbocycles. The summed E-state index contributed by atoms with van der Waals surface area (Å²) in [5.41, 5.74) is 1.34. The Bertz CT molecular complexity index is 678.